The van der Waals surface area contributed by atoms with Gasteiger partial charge in [-0.1, -0.05) is 0 Å². The summed E-state index contributed by atoms with van der Waals surface area (Å²) in [5.74, 6) is 2.26. The minimum atomic E-state index is 0.0132. The monoisotopic (exact) mass is 346 g/mol. The number of piperidine rings is 1. The smallest absolute Gasteiger partial charge is 0.246 e. The quantitative estimate of drug-likeness (QED) is 0.845. The van der Waals surface area contributed by atoms with E-state index < -0.39 is 0 Å². The first-order valence-corrected chi connectivity index (χ1v) is 8.78. The van der Waals surface area contributed by atoms with Crippen molar-refractivity contribution in [2.75, 3.05) is 33.4 Å². The molecule has 0 saturated carbocycles. The van der Waals surface area contributed by atoms with E-state index in [2.05, 4.69) is 0 Å². The van der Waals surface area contributed by atoms with Crippen LogP contribution in [0.1, 0.15) is 25.3 Å². The molecule has 2 N–H and O–H groups in total. The molecule has 1 amide bonds. The van der Waals surface area contributed by atoms with Gasteiger partial charge in [-0.15, -0.1) is 0 Å². The second-order valence-electron chi connectivity index (χ2n) is 6.63. The van der Waals surface area contributed by atoms with Crippen molar-refractivity contribution in [3.8, 4) is 17.2 Å². The number of benzene rings is 1. The number of hydrogen-bond acceptors (Lipinski definition) is 5. The van der Waals surface area contributed by atoms with Crippen molar-refractivity contribution >= 4 is 12.0 Å². The molecule has 2 unspecified atom stereocenters. The van der Waals surface area contributed by atoms with Gasteiger partial charge in [0, 0.05) is 25.2 Å². The summed E-state index contributed by atoms with van der Waals surface area (Å²) < 4.78 is 16.6. The molecule has 3 rings (SSSR count). The molecule has 0 bridgehead atoms. The summed E-state index contributed by atoms with van der Waals surface area (Å²) in [6.45, 7) is 4.54. The van der Waals surface area contributed by atoms with Gasteiger partial charge in [-0.3, -0.25) is 4.79 Å². The number of amides is 1. The van der Waals surface area contributed by atoms with Crippen LogP contribution >= 0.6 is 0 Å². The molecule has 1 fully saturated rings. The maximum atomic E-state index is 12.5. The minimum Gasteiger partial charge on any atom is -0.493 e. The van der Waals surface area contributed by atoms with Crippen molar-refractivity contribution in [1.82, 2.24) is 4.90 Å². The zero-order valence-corrected chi connectivity index (χ0v) is 14.9. The highest BCUT2D eigenvalue weighted by atomic mass is 16.6. The highest BCUT2D eigenvalue weighted by Gasteiger charge is 2.24. The molecule has 2 atom stereocenters. The van der Waals surface area contributed by atoms with E-state index in [-0.39, 0.29) is 11.9 Å². The van der Waals surface area contributed by atoms with Crippen LogP contribution < -0.4 is 19.9 Å². The van der Waals surface area contributed by atoms with Crippen molar-refractivity contribution < 1.29 is 19.0 Å². The Labute approximate surface area is 148 Å². The third kappa shape index (κ3) is 4.07. The number of methoxy groups -OCH3 is 1. The van der Waals surface area contributed by atoms with E-state index in [0.29, 0.717) is 36.4 Å². The third-order valence-corrected chi connectivity index (χ3v) is 4.78. The standard InChI is InChI=1S/C19H26N2O4/c1-13(20)15-4-3-7-21(12-15)18(22)6-5-14-10-16(23-2)19-17(11-14)24-8-9-25-19/h5-6,10-11,13,15H,3-4,7-9,12,20H2,1-2H3. The lowest BCUT2D eigenvalue weighted by Gasteiger charge is -2.34. The van der Waals surface area contributed by atoms with Gasteiger partial charge in [0.25, 0.3) is 0 Å². The number of likely N-dealkylation sites (tertiary alicyclic amines) is 1. The summed E-state index contributed by atoms with van der Waals surface area (Å²) in [5, 5.41) is 0. The van der Waals surface area contributed by atoms with Crippen LogP contribution in [-0.2, 0) is 4.79 Å². The van der Waals surface area contributed by atoms with Crippen molar-refractivity contribution in [1.29, 1.82) is 0 Å². The predicted molar refractivity (Wildman–Crippen MR) is 96.0 cm³/mol. The van der Waals surface area contributed by atoms with E-state index in [1.165, 1.54) is 0 Å². The number of nitrogens with two attached hydrogens (primary N) is 1. The molecule has 2 aliphatic heterocycles. The highest BCUT2D eigenvalue weighted by Crippen LogP contribution is 2.40. The van der Waals surface area contributed by atoms with Crippen LogP contribution in [0.3, 0.4) is 0 Å². The molecular formula is C19H26N2O4. The lowest BCUT2D eigenvalue weighted by Crippen LogP contribution is -2.44. The molecule has 1 aromatic carbocycles. The van der Waals surface area contributed by atoms with Crippen molar-refractivity contribution in [2.45, 2.75) is 25.8 Å². The molecular weight excluding hydrogens is 320 g/mol. The van der Waals surface area contributed by atoms with Gasteiger partial charge in [-0.25, -0.2) is 0 Å². The van der Waals surface area contributed by atoms with Crippen LogP contribution in [0.5, 0.6) is 17.2 Å². The molecule has 2 heterocycles. The Balaban J connectivity index is 1.72. The van der Waals surface area contributed by atoms with E-state index >= 15 is 0 Å². The number of rotatable bonds is 4. The van der Waals surface area contributed by atoms with Gasteiger partial charge >= 0.3 is 0 Å². The SMILES string of the molecule is COc1cc(C=CC(=O)N2CCCC(C(C)N)C2)cc2c1OCCO2. The molecule has 136 valence electrons. The van der Waals surface area contributed by atoms with E-state index in [0.717, 1.165) is 31.5 Å². The Bertz CT molecular complexity index is 640. The lowest BCUT2D eigenvalue weighted by atomic mass is 9.92. The van der Waals surface area contributed by atoms with E-state index in [4.69, 9.17) is 19.9 Å². The lowest BCUT2D eigenvalue weighted by molar-refractivity contribution is -0.127. The van der Waals surface area contributed by atoms with Gasteiger partial charge in [0.1, 0.15) is 13.2 Å². The molecule has 0 aliphatic carbocycles. The number of nitrogens with zero attached hydrogens (tertiary/aromatic N) is 1. The van der Waals surface area contributed by atoms with Crippen LogP contribution in [0.25, 0.3) is 6.08 Å². The van der Waals surface area contributed by atoms with E-state index in [1.54, 1.807) is 19.3 Å². The van der Waals surface area contributed by atoms with Crippen molar-refractivity contribution in [3.05, 3.63) is 23.8 Å². The fraction of sp³-hybridized carbons (Fsp3) is 0.526. The summed E-state index contributed by atoms with van der Waals surface area (Å²) in [7, 11) is 1.59. The van der Waals surface area contributed by atoms with Gasteiger partial charge in [0.05, 0.1) is 7.11 Å². The molecule has 2 aliphatic rings. The normalized spacial score (nSPS) is 21.2. The fourth-order valence-corrected chi connectivity index (χ4v) is 3.30. The van der Waals surface area contributed by atoms with E-state index in [9.17, 15) is 4.79 Å². The Kier molecular flexibility index (Phi) is 5.48. The first-order chi connectivity index (χ1) is 12.1. The van der Waals surface area contributed by atoms with Crippen LogP contribution in [0.15, 0.2) is 18.2 Å². The molecule has 0 spiro atoms. The minimum absolute atomic E-state index is 0.0132. The number of fused-ring (bicyclic) bond motifs is 1. The largest absolute Gasteiger partial charge is 0.493 e. The average Bonchev–Trinajstić information content (AvgIpc) is 2.65. The van der Waals surface area contributed by atoms with Crippen LogP contribution in [0.2, 0.25) is 0 Å². The maximum Gasteiger partial charge on any atom is 0.246 e. The van der Waals surface area contributed by atoms with Crippen molar-refractivity contribution in [3.63, 3.8) is 0 Å². The molecule has 6 heteroatoms. The average molecular weight is 346 g/mol. The summed E-state index contributed by atoms with van der Waals surface area (Å²) in [4.78, 5) is 14.4. The fourth-order valence-electron chi connectivity index (χ4n) is 3.30. The van der Waals surface area contributed by atoms with Crippen LogP contribution in [0.4, 0.5) is 0 Å². The third-order valence-electron chi connectivity index (χ3n) is 4.78. The Morgan fingerprint density at radius 3 is 2.96 bits per heavy atom. The molecule has 1 aromatic rings. The zero-order chi connectivity index (χ0) is 17.8. The summed E-state index contributed by atoms with van der Waals surface area (Å²) >= 11 is 0. The Morgan fingerprint density at radius 2 is 2.20 bits per heavy atom. The van der Waals surface area contributed by atoms with Crippen LogP contribution in [0, 0.1) is 5.92 Å². The Hall–Kier alpha value is -2.21. The molecule has 0 aromatic heterocycles. The maximum absolute atomic E-state index is 12.5. The second kappa shape index (κ2) is 7.78. The summed E-state index contributed by atoms with van der Waals surface area (Å²) in [6.07, 6.45) is 5.49. The molecule has 6 nitrogen and oxygen atoms in total. The first-order valence-electron chi connectivity index (χ1n) is 8.78. The number of carbonyl (C=O) groups is 1. The van der Waals surface area contributed by atoms with Crippen molar-refractivity contribution in [2.24, 2.45) is 11.7 Å². The number of carbonyl (C=O) groups excluding carboxylic acids is 1. The summed E-state index contributed by atoms with van der Waals surface area (Å²) in [6, 6.07) is 3.82. The van der Waals surface area contributed by atoms with E-state index in [1.807, 2.05) is 24.0 Å². The summed E-state index contributed by atoms with van der Waals surface area (Å²) in [5.41, 5.74) is 6.84. The number of ether oxygens (including phenoxy) is 3. The predicted octanol–water partition coefficient (Wildman–Crippen LogP) is 2.07. The zero-order valence-electron chi connectivity index (χ0n) is 14.9. The van der Waals surface area contributed by atoms with Gasteiger partial charge in [-0.05, 0) is 49.5 Å². The van der Waals surface area contributed by atoms with Gasteiger partial charge < -0.3 is 24.8 Å². The second-order valence-corrected chi connectivity index (χ2v) is 6.63. The van der Waals surface area contributed by atoms with Gasteiger partial charge in [0.2, 0.25) is 11.7 Å². The molecule has 1 saturated heterocycles. The topological polar surface area (TPSA) is 74.0 Å². The Morgan fingerprint density at radius 1 is 1.40 bits per heavy atom. The van der Waals surface area contributed by atoms with Gasteiger partial charge in [-0.2, -0.15) is 0 Å². The number of hydrogen-bond donors (Lipinski definition) is 1. The van der Waals surface area contributed by atoms with Crippen LogP contribution in [-0.4, -0.2) is 50.3 Å². The first kappa shape index (κ1) is 17.6. The molecule has 0 radical (unpaired) electrons. The highest BCUT2D eigenvalue weighted by molar-refractivity contribution is 5.92. The van der Waals surface area contributed by atoms with Gasteiger partial charge in [0.15, 0.2) is 11.5 Å². The molecule has 25 heavy (non-hydrogen) atoms.